The molecule has 6 nitrogen and oxygen atoms in total. The summed E-state index contributed by atoms with van der Waals surface area (Å²) >= 11 is 12.2. The van der Waals surface area contributed by atoms with Crippen molar-refractivity contribution in [3.63, 3.8) is 0 Å². The lowest BCUT2D eigenvalue weighted by molar-refractivity contribution is 0.0588. The van der Waals surface area contributed by atoms with Crippen molar-refractivity contribution in [3.05, 3.63) is 105 Å². The minimum absolute atomic E-state index is 0.0326. The minimum atomic E-state index is -0.0326. The van der Waals surface area contributed by atoms with Crippen molar-refractivity contribution in [1.82, 2.24) is 19.7 Å². The third-order valence-electron chi connectivity index (χ3n) is 9.44. The van der Waals surface area contributed by atoms with Gasteiger partial charge in [0.15, 0.2) is 5.78 Å². The molecule has 4 aromatic rings. The van der Waals surface area contributed by atoms with Crippen molar-refractivity contribution < 1.29 is 9.59 Å². The number of likely N-dealkylation sites (tertiary alicyclic amines) is 1. The predicted molar refractivity (Wildman–Crippen MR) is 179 cm³/mol. The van der Waals surface area contributed by atoms with Gasteiger partial charge in [0.2, 0.25) is 0 Å². The third kappa shape index (κ3) is 6.45. The molecule has 44 heavy (non-hydrogen) atoms. The first-order chi connectivity index (χ1) is 21.3. The van der Waals surface area contributed by atoms with E-state index >= 15 is 0 Å². The Morgan fingerprint density at radius 1 is 0.909 bits per heavy atom. The second kappa shape index (κ2) is 13.5. The highest BCUT2D eigenvalue weighted by molar-refractivity contribution is 6.42. The standard InChI is InChI=1S/C36H40Cl2N4O2/c1-3-25-10-6-11-30-31(36(44)39-19-27-9-5-4-8-24(27)2)22-41(35(25)30)16-7-17-42-28-13-14-29(42)21-40(20-28)23-34(43)26-12-15-32(37)33(38)18-26/h4-6,8-12,15,18,22,28-29H,3,7,13-14,16-17,19-21,23H2,1-2H3,(H,39,44). The van der Waals surface area contributed by atoms with Crippen LogP contribution in [0.1, 0.15) is 63.6 Å². The van der Waals surface area contributed by atoms with Gasteiger partial charge in [-0.2, -0.15) is 0 Å². The van der Waals surface area contributed by atoms with Crippen LogP contribution in [0.3, 0.4) is 0 Å². The zero-order valence-corrected chi connectivity index (χ0v) is 27.0. The molecule has 230 valence electrons. The number of hydrogen-bond acceptors (Lipinski definition) is 4. The summed E-state index contributed by atoms with van der Waals surface area (Å²) < 4.78 is 2.30. The zero-order valence-electron chi connectivity index (χ0n) is 25.5. The number of Topliss-reactive ketones (excluding diaryl/α,β-unsaturated/α-hetero) is 1. The number of amides is 1. The molecule has 3 aromatic carbocycles. The number of nitrogens with zero attached hydrogens (tertiary/aromatic N) is 3. The summed E-state index contributed by atoms with van der Waals surface area (Å²) in [4.78, 5) is 31.4. The zero-order chi connectivity index (χ0) is 30.8. The van der Waals surface area contributed by atoms with E-state index in [0.29, 0.717) is 40.8 Å². The molecule has 2 atom stereocenters. The number of carbonyl (C=O) groups is 2. The van der Waals surface area contributed by atoms with Crippen LogP contribution >= 0.6 is 23.2 Å². The first-order valence-electron chi connectivity index (χ1n) is 15.7. The Balaban J connectivity index is 1.09. The predicted octanol–water partition coefficient (Wildman–Crippen LogP) is 7.17. The molecule has 0 radical (unpaired) electrons. The molecule has 1 amide bonds. The molecule has 0 aliphatic carbocycles. The molecular weight excluding hydrogens is 591 g/mol. The van der Waals surface area contributed by atoms with E-state index in [1.165, 1.54) is 29.5 Å². The Morgan fingerprint density at radius 2 is 1.66 bits per heavy atom. The highest BCUT2D eigenvalue weighted by atomic mass is 35.5. The van der Waals surface area contributed by atoms with Crippen molar-refractivity contribution in [3.8, 4) is 0 Å². The number of aryl methyl sites for hydroxylation is 3. The number of para-hydroxylation sites is 1. The van der Waals surface area contributed by atoms with E-state index in [1.807, 2.05) is 12.1 Å². The third-order valence-corrected chi connectivity index (χ3v) is 10.2. The fourth-order valence-electron chi connectivity index (χ4n) is 7.12. The van der Waals surface area contributed by atoms with E-state index in [1.54, 1.807) is 18.2 Å². The first-order valence-corrected chi connectivity index (χ1v) is 16.5. The van der Waals surface area contributed by atoms with Gasteiger partial charge in [-0.3, -0.25) is 19.4 Å². The fraction of sp³-hybridized carbons (Fsp3) is 0.389. The smallest absolute Gasteiger partial charge is 0.253 e. The Morgan fingerprint density at radius 3 is 2.39 bits per heavy atom. The summed E-state index contributed by atoms with van der Waals surface area (Å²) in [5, 5.41) is 5.06. The lowest BCUT2D eigenvalue weighted by atomic mass is 10.1. The molecule has 2 bridgehead atoms. The average molecular weight is 632 g/mol. The lowest BCUT2D eigenvalue weighted by Crippen LogP contribution is -2.54. The summed E-state index contributed by atoms with van der Waals surface area (Å²) in [7, 11) is 0. The Hall–Kier alpha value is -3.16. The van der Waals surface area contributed by atoms with E-state index in [2.05, 4.69) is 70.1 Å². The number of fused-ring (bicyclic) bond motifs is 3. The number of carbonyl (C=O) groups excluding carboxylic acids is 2. The SMILES string of the molecule is CCc1cccc2c(C(=O)NCc3ccccc3C)cn(CCCN3C4CCC3CN(CC(=O)c3ccc(Cl)c(Cl)c3)C4)c12. The molecule has 3 heterocycles. The van der Waals surface area contributed by atoms with Gasteiger partial charge in [0.25, 0.3) is 5.91 Å². The van der Waals surface area contributed by atoms with Gasteiger partial charge in [-0.15, -0.1) is 0 Å². The topological polar surface area (TPSA) is 57.6 Å². The van der Waals surface area contributed by atoms with Gasteiger partial charge in [-0.05, 0) is 67.5 Å². The summed E-state index contributed by atoms with van der Waals surface area (Å²) in [5.41, 5.74) is 6.10. The van der Waals surface area contributed by atoms with Crippen LogP contribution in [0, 0.1) is 6.92 Å². The number of halogens is 2. The molecule has 8 heteroatoms. The Bertz CT molecular complexity index is 1670. The molecule has 0 saturated carbocycles. The maximum Gasteiger partial charge on any atom is 0.253 e. The van der Waals surface area contributed by atoms with Crippen LogP contribution in [-0.2, 0) is 19.5 Å². The molecule has 2 aliphatic rings. The Labute approximate surface area is 269 Å². The summed E-state index contributed by atoms with van der Waals surface area (Å²) in [6.07, 6.45) is 6.30. The number of piperazine rings is 1. The molecule has 1 N–H and O–H groups in total. The lowest BCUT2D eigenvalue weighted by Gasteiger charge is -2.41. The molecular formula is C36H40Cl2N4O2. The van der Waals surface area contributed by atoms with Crippen molar-refractivity contribution in [2.75, 3.05) is 26.2 Å². The van der Waals surface area contributed by atoms with Gasteiger partial charge in [0.1, 0.15) is 0 Å². The fourth-order valence-corrected chi connectivity index (χ4v) is 7.42. The summed E-state index contributed by atoms with van der Waals surface area (Å²) in [6.45, 7) is 8.84. The van der Waals surface area contributed by atoms with Gasteiger partial charge >= 0.3 is 0 Å². The van der Waals surface area contributed by atoms with Crippen LogP contribution in [0.15, 0.2) is 66.9 Å². The highest BCUT2D eigenvalue weighted by Gasteiger charge is 2.39. The van der Waals surface area contributed by atoms with Gasteiger partial charge in [-0.1, -0.05) is 72.6 Å². The van der Waals surface area contributed by atoms with Crippen molar-refractivity contribution in [1.29, 1.82) is 0 Å². The second-order valence-electron chi connectivity index (χ2n) is 12.2. The summed E-state index contributed by atoms with van der Waals surface area (Å²) in [6, 6.07) is 20.5. The van der Waals surface area contributed by atoms with Crippen LogP contribution in [-0.4, -0.2) is 64.3 Å². The van der Waals surface area contributed by atoms with Gasteiger partial charge in [0, 0.05) is 62.0 Å². The second-order valence-corrected chi connectivity index (χ2v) is 13.0. The van der Waals surface area contributed by atoms with E-state index in [9.17, 15) is 9.59 Å². The maximum absolute atomic E-state index is 13.4. The normalized spacial score (nSPS) is 18.6. The maximum atomic E-state index is 13.4. The van der Waals surface area contributed by atoms with Crippen molar-refractivity contribution in [2.45, 2.75) is 64.7 Å². The molecule has 6 rings (SSSR count). The van der Waals surface area contributed by atoms with Crippen LogP contribution in [0.2, 0.25) is 10.0 Å². The van der Waals surface area contributed by atoms with Crippen LogP contribution in [0.4, 0.5) is 0 Å². The molecule has 2 aliphatic heterocycles. The number of rotatable bonds is 11. The number of benzene rings is 3. The molecule has 2 fully saturated rings. The number of nitrogens with one attached hydrogen (secondary N) is 1. The molecule has 1 aromatic heterocycles. The number of aromatic nitrogens is 1. The van der Waals surface area contributed by atoms with Crippen LogP contribution < -0.4 is 5.32 Å². The number of ketones is 1. The summed E-state index contributed by atoms with van der Waals surface area (Å²) in [5.74, 6) is 0.0521. The highest BCUT2D eigenvalue weighted by Crippen LogP contribution is 2.32. The minimum Gasteiger partial charge on any atom is -0.348 e. The average Bonchev–Trinajstić information content (AvgIpc) is 3.51. The Kier molecular flexibility index (Phi) is 9.43. The molecule has 2 unspecified atom stereocenters. The van der Waals surface area contributed by atoms with Crippen LogP contribution in [0.25, 0.3) is 10.9 Å². The van der Waals surface area contributed by atoms with E-state index in [-0.39, 0.29) is 11.7 Å². The molecule has 0 spiro atoms. The van der Waals surface area contributed by atoms with Crippen molar-refractivity contribution >= 4 is 45.8 Å². The molecule has 2 saturated heterocycles. The monoisotopic (exact) mass is 630 g/mol. The van der Waals surface area contributed by atoms with Crippen molar-refractivity contribution in [2.24, 2.45) is 0 Å². The van der Waals surface area contributed by atoms with E-state index in [0.717, 1.165) is 55.5 Å². The van der Waals surface area contributed by atoms with Gasteiger partial charge < -0.3 is 9.88 Å². The first kappa shape index (κ1) is 30.8. The largest absolute Gasteiger partial charge is 0.348 e. The van der Waals surface area contributed by atoms with Gasteiger partial charge in [0.05, 0.1) is 27.7 Å². The number of hydrogen-bond donors (Lipinski definition) is 1. The van der Waals surface area contributed by atoms with Crippen LogP contribution in [0.5, 0.6) is 0 Å². The van der Waals surface area contributed by atoms with E-state index in [4.69, 9.17) is 23.2 Å². The quantitative estimate of drug-likeness (QED) is 0.179. The van der Waals surface area contributed by atoms with Gasteiger partial charge in [-0.25, -0.2) is 0 Å². The van der Waals surface area contributed by atoms with E-state index < -0.39 is 0 Å².